The normalized spacial score (nSPS) is 11.5. The molecule has 11 N–H and O–H groups in total. The predicted octanol–water partition coefficient (Wildman–Crippen LogP) is 2.61. The van der Waals surface area contributed by atoms with Crippen LogP contribution in [0.4, 0.5) is 11.6 Å². The van der Waals surface area contributed by atoms with E-state index in [1.54, 1.807) is 7.05 Å². The number of nitrogens with two attached hydrogens (primary N) is 4. The second-order valence-corrected chi connectivity index (χ2v) is 11.3. The molecule has 0 aliphatic rings. The average Bonchev–Trinajstić information content (AvgIpc) is 3.03. The first-order valence-electron chi connectivity index (χ1n) is 15.2. The number of unbranched alkanes of at least 4 members (excludes halogenated alkanes) is 2. The highest BCUT2D eigenvalue weighted by Crippen LogP contribution is 2.22. The number of aryl methyl sites for hydroxylation is 2. The summed E-state index contributed by atoms with van der Waals surface area (Å²) in [6.45, 7) is 1.04. The first-order chi connectivity index (χ1) is 22.0. The van der Waals surface area contributed by atoms with Crippen LogP contribution in [0.5, 0.6) is 0 Å². The number of rotatable bonds is 16. The van der Waals surface area contributed by atoms with Crippen LogP contribution in [-0.4, -0.2) is 64.7 Å². The number of aromatic nitrogens is 2. The minimum Gasteiger partial charge on any atom is -0.382 e. The highest BCUT2D eigenvalue weighted by atomic mass is 35.5. The van der Waals surface area contributed by atoms with E-state index < -0.39 is 17.9 Å². The Balaban J connectivity index is 1.39. The van der Waals surface area contributed by atoms with Crippen LogP contribution in [0.1, 0.15) is 60.1 Å². The number of likely N-dealkylation sites (N-methyl/N-ethyl adjacent to an activating group) is 1. The Labute approximate surface area is 274 Å². The molecule has 3 amide bonds. The predicted molar refractivity (Wildman–Crippen MR) is 181 cm³/mol. The lowest BCUT2D eigenvalue weighted by atomic mass is 9.99. The molecule has 3 aromatic rings. The quantitative estimate of drug-likeness (QED) is 0.0685. The molecule has 246 valence electrons. The van der Waals surface area contributed by atoms with Crippen molar-refractivity contribution >= 4 is 46.9 Å². The molecule has 0 aliphatic carbocycles. The molecule has 0 saturated carbocycles. The monoisotopic (exact) mass is 650 g/mol. The highest BCUT2D eigenvalue weighted by Gasteiger charge is 2.24. The lowest BCUT2D eigenvalue weighted by Gasteiger charge is -2.25. The lowest BCUT2D eigenvalue weighted by Crippen LogP contribution is -2.45. The van der Waals surface area contributed by atoms with Crippen LogP contribution >= 0.6 is 11.6 Å². The molecule has 1 atom stereocenters. The van der Waals surface area contributed by atoms with E-state index >= 15 is 0 Å². The van der Waals surface area contributed by atoms with Crippen molar-refractivity contribution in [1.82, 2.24) is 25.5 Å². The molecule has 0 spiro atoms. The van der Waals surface area contributed by atoms with E-state index in [1.165, 1.54) is 10.5 Å². The van der Waals surface area contributed by atoms with E-state index in [9.17, 15) is 14.4 Å². The maximum Gasteiger partial charge on any atom is 0.280 e. The molecule has 0 saturated heterocycles. The number of nitrogens with zero attached hydrogens (tertiary/aromatic N) is 3. The van der Waals surface area contributed by atoms with Crippen LogP contribution in [0.3, 0.4) is 0 Å². The zero-order valence-electron chi connectivity index (χ0n) is 26.0. The largest absolute Gasteiger partial charge is 0.382 e. The van der Waals surface area contributed by atoms with Crippen molar-refractivity contribution in [2.24, 2.45) is 11.5 Å². The number of hydrogen-bond acceptors (Lipinski definition) is 9. The number of nitrogen functional groups attached to an aromatic ring is 2. The third-order valence-electron chi connectivity index (χ3n) is 7.54. The lowest BCUT2D eigenvalue weighted by molar-refractivity contribution is -0.138. The second-order valence-electron chi connectivity index (χ2n) is 10.9. The molecule has 0 bridgehead atoms. The molecule has 1 heterocycles. The van der Waals surface area contributed by atoms with Crippen molar-refractivity contribution in [2.75, 3.05) is 31.6 Å². The van der Waals surface area contributed by atoms with Gasteiger partial charge in [-0.25, -0.2) is 9.97 Å². The van der Waals surface area contributed by atoms with Crippen molar-refractivity contribution in [3.63, 3.8) is 0 Å². The first-order valence-corrected chi connectivity index (χ1v) is 15.5. The Hall–Kier alpha value is -4.75. The number of hydrogen-bond donors (Lipinski definition) is 7. The summed E-state index contributed by atoms with van der Waals surface area (Å²) in [6.07, 6.45) is 5.44. The van der Waals surface area contributed by atoms with Crippen LogP contribution < -0.4 is 33.6 Å². The number of amides is 3. The summed E-state index contributed by atoms with van der Waals surface area (Å²) < 4.78 is 0. The Morgan fingerprint density at radius 3 is 2.09 bits per heavy atom. The number of primary amides is 1. The van der Waals surface area contributed by atoms with Crippen molar-refractivity contribution in [3.8, 4) is 11.1 Å². The Bertz CT molecular complexity index is 1500. The Morgan fingerprint density at radius 2 is 1.50 bits per heavy atom. The van der Waals surface area contributed by atoms with E-state index in [0.29, 0.717) is 32.4 Å². The zero-order valence-corrected chi connectivity index (χ0v) is 26.8. The summed E-state index contributed by atoms with van der Waals surface area (Å²) in [4.78, 5) is 45.9. The van der Waals surface area contributed by atoms with Gasteiger partial charge in [0, 0.05) is 20.0 Å². The second kappa shape index (κ2) is 17.7. The zero-order chi connectivity index (χ0) is 33.6. The molecule has 14 heteroatoms. The smallest absolute Gasteiger partial charge is 0.280 e. The SMILES string of the molecule is CN(C(=O)CCc1ccc(-c2ccc(CCCCNC(=N)NC(=O)c3nc(Cl)c(N)nc3N)cc2)cc1)[C@@H](CCCCN)C(N)=O. The van der Waals surface area contributed by atoms with Crippen LogP contribution in [0.25, 0.3) is 11.1 Å². The fraction of sp³-hybridized carbons (Fsp3) is 0.375. The van der Waals surface area contributed by atoms with Crippen LogP contribution in [-0.2, 0) is 22.4 Å². The van der Waals surface area contributed by atoms with Gasteiger partial charge in [0.25, 0.3) is 5.91 Å². The van der Waals surface area contributed by atoms with Gasteiger partial charge in [0.05, 0.1) is 0 Å². The van der Waals surface area contributed by atoms with Gasteiger partial charge < -0.3 is 33.2 Å². The molecule has 3 rings (SSSR count). The summed E-state index contributed by atoms with van der Waals surface area (Å²) in [5.41, 5.74) is 26.5. The van der Waals surface area contributed by atoms with Gasteiger partial charge in [-0.05, 0) is 73.7 Å². The first kappa shape index (κ1) is 35.7. The molecule has 0 unspecified atom stereocenters. The number of nitrogens with one attached hydrogen (secondary N) is 3. The number of benzene rings is 2. The van der Waals surface area contributed by atoms with Crippen LogP contribution in [0.15, 0.2) is 48.5 Å². The molecule has 13 nitrogen and oxygen atoms in total. The number of carbonyl (C=O) groups excluding carboxylic acids is 3. The molecule has 1 aromatic heterocycles. The van der Waals surface area contributed by atoms with Gasteiger partial charge in [0.2, 0.25) is 11.8 Å². The average molecular weight is 651 g/mol. The number of guanidine groups is 1. The van der Waals surface area contributed by atoms with E-state index in [0.717, 1.165) is 48.8 Å². The van der Waals surface area contributed by atoms with Gasteiger partial charge in [-0.2, -0.15) is 0 Å². The number of carbonyl (C=O) groups is 3. The van der Waals surface area contributed by atoms with Crippen molar-refractivity contribution in [1.29, 1.82) is 5.41 Å². The Kier molecular flexibility index (Phi) is 13.7. The van der Waals surface area contributed by atoms with Crippen LogP contribution in [0, 0.1) is 5.41 Å². The van der Waals surface area contributed by atoms with Gasteiger partial charge in [-0.3, -0.25) is 25.1 Å². The maximum absolute atomic E-state index is 12.7. The molecule has 0 aliphatic heterocycles. The van der Waals surface area contributed by atoms with Gasteiger partial charge in [0.1, 0.15) is 6.04 Å². The summed E-state index contributed by atoms with van der Waals surface area (Å²) in [5.74, 6) is -1.75. The topological polar surface area (TPSA) is 232 Å². The van der Waals surface area contributed by atoms with Crippen molar-refractivity contribution in [3.05, 3.63) is 70.5 Å². The molecular weight excluding hydrogens is 608 g/mol. The molecular formula is C32H43ClN10O3. The standard InChI is InChI=1S/C32H43ClN10O3/c1-43(24(30(37)45)7-2-4-18-34)25(44)17-12-21-10-15-23(16-11-21)22-13-8-20(9-14-22)6-3-5-19-39-32(38)42-31(46)26-28(35)41-29(36)27(33)40-26/h8-11,13-16,24H,2-7,12,17-19,34H2,1H3,(H2,37,45)(H4,35,36,41)(H3,38,39,42,46)/t24-/m0/s1. The number of anilines is 2. The third-order valence-corrected chi connectivity index (χ3v) is 7.82. The van der Waals surface area contributed by atoms with E-state index in [2.05, 4.69) is 44.9 Å². The number of halogens is 1. The van der Waals surface area contributed by atoms with Gasteiger partial charge in [-0.15, -0.1) is 0 Å². The van der Waals surface area contributed by atoms with Gasteiger partial charge in [-0.1, -0.05) is 60.1 Å². The summed E-state index contributed by atoms with van der Waals surface area (Å²) in [6, 6.07) is 15.9. The van der Waals surface area contributed by atoms with E-state index in [-0.39, 0.29) is 34.3 Å². The molecule has 46 heavy (non-hydrogen) atoms. The molecule has 0 radical (unpaired) electrons. The third kappa shape index (κ3) is 10.7. The molecule has 0 fully saturated rings. The highest BCUT2D eigenvalue weighted by molar-refractivity contribution is 6.31. The van der Waals surface area contributed by atoms with Crippen molar-refractivity contribution in [2.45, 2.75) is 57.4 Å². The minimum atomic E-state index is -0.706. The maximum atomic E-state index is 12.7. The van der Waals surface area contributed by atoms with E-state index in [1.807, 2.05) is 24.3 Å². The summed E-state index contributed by atoms with van der Waals surface area (Å²) >= 11 is 5.81. The molecule has 2 aromatic carbocycles. The van der Waals surface area contributed by atoms with Crippen LogP contribution in [0.2, 0.25) is 5.15 Å². The minimum absolute atomic E-state index is 0.0773. The van der Waals surface area contributed by atoms with Crippen molar-refractivity contribution < 1.29 is 14.4 Å². The fourth-order valence-electron chi connectivity index (χ4n) is 4.83. The van der Waals surface area contributed by atoms with Gasteiger partial charge >= 0.3 is 0 Å². The van der Waals surface area contributed by atoms with Gasteiger partial charge in [0.15, 0.2) is 28.4 Å². The fourth-order valence-corrected chi connectivity index (χ4v) is 4.96. The summed E-state index contributed by atoms with van der Waals surface area (Å²) in [5, 5.41) is 13.0. The van der Waals surface area contributed by atoms with E-state index in [4.69, 9.17) is 39.9 Å². The Morgan fingerprint density at radius 1 is 0.891 bits per heavy atom. The summed E-state index contributed by atoms with van der Waals surface area (Å²) in [7, 11) is 1.63.